The molecular weight excluding hydrogens is 284 g/mol. The minimum Gasteiger partial charge on any atom is -0.493 e. The highest BCUT2D eigenvalue weighted by molar-refractivity contribution is 9.10. The molecule has 0 radical (unpaired) electrons. The van der Waals surface area contributed by atoms with Crippen LogP contribution in [-0.2, 0) is 17.8 Å². The van der Waals surface area contributed by atoms with Crippen molar-refractivity contribution in [3.05, 3.63) is 27.7 Å². The van der Waals surface area contributed by atoms with Crippen molar-refractivity contribution < 1.29 is 9.53 Å². The van der Waals surface area contributed by atoms with E-state index in [2.05, 4.69) is 27.3 Å². The summed E-state index contributed by atoms with van der Waals surface area (Å²) in [5.41, 5.74) is 7.44. The largest absolute Gasteiger partial charge is 0.493 e. The van der Waals surface area contributed by atoms with E-state index in [1.54, 1.807) is 0 Å². The van der Waals surface area contributed by atoms with Gasteiger partial charge >= 0.3 is 0 Å². The Labute approximate surface area is 109 Å². The van der Waals surface area contributed by atoms with E-state index in [-0.39, 0.29) is 5.91 Å². The average Bonchev–Trinajstić information content (AvgIpc) is 2.71. The van der Waals surface area contributed by atoms with Gasteiger partial charge in [0.05, 0.1) is 6.61 Å². The molecular formula is C12H15BrN2O2. The van der Waals surface area contributed by atoms with E-state index in [0.717, 1.165) is 28.8 Å². The number of nitrogens with one attached hydrogen (secondary N) is 1. The summed E-state index contributed by atoms with van der Waals surface area (Å²) in [6.07, 6.45) is 1.32. The van der Waals surface area contributed by atoms with E-state index in [1.165, 1.54) is 5.56 Å². The Bertz CT molecular complexity index is 435. The maximum Gasteiger partial charge on any atom is 0.218 e. The molecule has 0 aliphatic carbocycles. The van der Waals surface area contributed by atoms with Gasteiger partial charge in [-0.1, -0.05) is 15.9 Å². The van der Waals surface area contributed by atoms with E-state index in [1.807, 2.05) is 6.07 Å². The number of halogens is 1. The number of ether oxygens (including phenoxy) is 1. The Hall–Kier alpha value is -1.07. The van der Waals surface area contributed by atoms with Crippen LogP contribution in [0.15, 0.2) is 16.6 Å². The topological polar surface area (TPSA) is 64.4 Å². The predicted molar refractivity (Wildman–Crippen MR) is 68.9 cm³/mol. The van der Waals surface area contributed by atoms with Gasteiger partial charge in [-0.3, -0.25) is 4.79 Å². The summed E-state index contributed by atoms with van der Waals surface area (Å²) in [4.78, 5) is 10.6. The van der Waals surface area contributed by atoms with E-state index in [0.29, 0.717) is 19.5 Å². The van der Waals surface area contributed by atoms with Gasteiger partial charge in [0.2, 0.25) is 5.91 Å². The first kappa shape index (κ1) is 12.4. The number of hydrogen-bond donors (Lipinski definition) is 2. The molecule has 1 aromatic rings. The van der Waals surface area contributed by atoms with Gasteiger partial charge in [-0.05, 0) is 17.7 Å². The molecule has 0 atom stereocenters. The van der Waals surface area contributed by atoms with Crippen molar-refractivity contribution in [2.24, 2.45) is 5.73 Å². The Balaban J connectivity index is 1.98. The van der Waals surface area contributed by atoms with Gasteiger partial charge < -0.3 is 15.8 Å². The van der Waals surface area contributed by atoms with Crippen LogP contribution in [0.25, 0.3) is 0 Å². The lowest BCUT2D eigenvalue weighted by molar-refractivity contribution is -0.117. The molecule has 0 saturated carbocycles. The van der Waals surface area contributed by atoms with Gasteiger partial charge in [0.15, 0.2) is 0 Å². The standard InChI is InChI=1S/C12H15BrN2O2/c13-10-5-8-2-4-17-12(8)9(6-10)7-15-3-1-11(14)16/h5-6,15H,1-4,7H2,(H2,14,16). The number of nitrogens with two attached hydrogens (primary N) is 1. The lowest BCUT2D eigenvalue weighted by Crippen LogP contribution is -2.21. The molecule has 17 heavy (non-hydrogen) atoms. The minimum atomic E-state index is -0.284. The smallest absolute Gasteiger partial charge is 0.218 e. The van der Waals surface area contributed by atoms with Crippen molar-refractivity contribution in [2.45, 2.75) is 19.4 Å². The van der Waals surface area contributed by atoms with Crippen LogP contribution < -0.4 is 15.8 Å². The number of rotatable bonds is 5. The number of carbonyl (C=O) groups excluding carboxylic acids is 1. The van der Waals surface area contributed by atoms with Crippen molar-refractivity contribution in [2.75, 3.05) is 13.2 Å². The molecule has 1 amide bonds. The van der Waals surface area contributed by atoms with Gasteiger partial charge in [0.25, 0.3) is 0 Å². The first-order valence-electron chi connectivity index (χ1n) is 5.60. The highest BCUT2D eigenvalue weighted by atomic mass is 79.9. The molecule has 0 bridgehead atoms. The Kier molecular flexibility index (Phi) is 4.02. The highest BCUT2D eigenvalue weighted by Crippen LogP contribution is 2.32. The monoisotopic (exact) mass is 298 g/mol. The molecule has 92 valence electrons. The van der Waals surface area contributed by atoms with Gasteiger partial charge in [-0.2, -0.15) is 0 Å². The van der Waals surface area contributed by atoms with Crippen LogP contribution >= 0.6 is 15.9 Å². The lowest BCUT2D eigenvalue weighted by atomic mass is 10.1. The average molecular weight is 299 g/mol. The normalized spacial score (nSPS) is 13.2. The SMILES string of the molecule is NC(=O)CCNCc1cc(Br)cc2c1OCC2. The van der Waals surface area contributed by atoms with Crippen molar-refractivity contribution in [3.8, 4) is 5.75 Å². The minimum absolute atomic E-state index is 0.284. The highest BCUT2D eigenvalue weighted by Gasteiger charge is 2.16. The zero-order valence-corrected chi connectivity index (χ0v) is 11.0. The third kappa shape index (κ3) is 3.20. The fraction of sp³-hybridized carbons (Fsp3) is 0.417. The third-order valence-electron chi connectivity index (χ3n) is 2.69. The molecule has 1 aliphatic rings. The molecule has 2 rings (SSSR count). The van der Waals surface area contributed by atoms with Gasteiger partial charge in [0, 0.05) is 36.0 Å². The molecule has 0 fully saturated rings. The molecule has 1 aliphatic heterocycles. The summed E-state index contributed by atoms with van der Waals surface area (Å²) in [5, 5.41) is 3.19. The van der Waals surface area contributed by atoms with E-state index >= 15 is 0 Å². The Morgan fingerprint density at radius 2 is 2.35 bits per heavy atom. The Morgan fingerprint density at radius 1 is 1.53 bits per heavy atom. The van der Waals surface area contributed by atoms with Crippen LogP contribution in [0.4, 0.5) is 0 Å². The Morgan fingerprint density at radius 3 is 3.12 bits per heavy atom. The second kappa shape index (κ2) is 5.51. The number of fused-ring (bicyclic) bond motifs is 1. The van der Waals surface area contributed by atoms with Crippen LogP contribution in [0.5, 0.6) is 5.75 Å². The molecule has 0 saturated heterocycles. The van der Waals surface area contributed by atoms with Gasteiger partial charge in [0.1, 0.15) is 5.75 Å². The van der Waals surface area contributed by atoms with Crippen molar-refractivity contribution in [1.29, 1.82) is 0 Å². The zero-order valence-electron chi connectivity index (χ0n) is 9.46. The molecule has 4 nitrogen and oxygen atoms in total. The molecule has 3 N–H and O–H groups in total. The number of hydrogen-bond acceptors (Lipinski definition) is 3. The molecule has 1 aromatic carbocycles. The van der Waals surface area contributed by atoms with E-state index < -0.39 is 0 Å². The fourth-order valence-corrected chi connectivity index (χ4v) is 2.46. The van der Waals surface area contributed by atoms with E-state index in [4.69, 9.17) is 10.5 Å². The van der Waals surface area contributed by atoms with Crippen molar-refractivity contribution in [1.82, 2.24) is 5.32 Å². The summed E-state index contributed by atoms with van der Waals surface area (Å²) in [6, 6.07) is 4.14. The van der Waals surface area contributed by atoms with Gasteiger partial charge in [-0.15, -0.1) is 0 Å². The lowest BCUT2D eigenvalue weighted by Gasteiger charge is -2.09. The zero-order chi connectivity index (χ0) is 12.3. The molecule has 0 spiro atoms. The molecule has 5 heteroatoms. The number of amides is 1. The summed E-state index contributed by atoms with van der Waals surface area (Å²) in [6.45, 7) is 2.03. The number of benzene rings is 1. The predicted octanol–water partition coefficient (Wildman–Crippen LogP) is 1.35. The van der Waals surface area contributed by atoms with E-state index in [9.17, 15) is 4.79 Å². The molecule has 0 aromatic heterocycles. The summed E-state index contributed by atoms with van der Waals surface area (Å²) in [7, 11) is 0. The number of primary amides is 1. The van der Waals surface area contributed by atoms with Crippen molar-refractivity contribution in [3.63, 3.8) is 0 Å². The summed E-state index contributed by atoms with van der Waals surface area (Å²) >= 11 is 3.49. The first-order valence-corrected chi connectivity index (χ1v) is 6.39. The van der Waals surface area contributed by atoms with Crippen LogP contribution in [0.3, 0.4) is 0 Å². The van der Waals surface area contributed by atoms with Crippen LogP contribution in [-0.4, -0.2) is 19.1 Å². The second-order valence-electron chi connectivity index (χ2n) is 4.04. The third-order valence-corrected chi connectivity index (χ3v) is 3.15. The first-order chi connectivity index (χ1) is 8.16. The second-order valence-corrected chi connectivity index (χ2v) is 4.96. The maximum absolute atomic E-state index is 10.6. The quantitative estimate of drug-likeness (QED) is 0.807. The van der Waals surface area contributed by atoms with Gasteiger partial charge in [-0.25, -0.2) is 0 Å². The number of carbonyl (C=O) groups is 1. The van der Waals surface area contributed by atoms with Crippen LogP contribution in [0.2, 0.25) is 0 Å². The van der Waals surface area contributed by atoms with Crippen LogP contribution in [0.1, 0.15) is 17.5 Å². The summed E-state index contributed by atoms with van der Waals surface area (Å²) in [5.74, 6) is 0.702. The molecule has 1 heterocycles. The summed E-state index contributed by atoms with van der Waals surface area (Å²) < 4.78 is 6.67. The fourth-order valence-electron chi connectivity index (χ4n) is 1.91. The van der Waals surface area contributed by atoms with Crippen molar-refractivity contribution >= 4 is 21.8 Å². The van der Waals surface area contributed by atoms with Crippen LogP contribution in [0, 0.1) is 0 Å². The maximum atomic E-state index is 10.6. The molecule has 0 unspecified atom stereocenters.